The van der Waals surface area contributed by atoms with Gasteiger partial charge in [-0.05, 0) is 49.9 Å². The van der Waals surface area contributed by atoms with Gasteiger partial charge in [0.25, 0.3) is 0 Å². The van der Waals surface area contributed by atoms with Gasteiger partial charge >= 0.3 is 0 Å². The summed E-state index contributed by atoms with van der Waals surface area (Å²) in [5, 5.41) is 0. The van der Waals surface area contributed by atoms with E-state index in [9.17, 15) is 4.79 Å². The van der Waals surface area contributed by atoms with Crippen LogP contribution in [0.3, 0.4) is 0 Å². The number of nitrogens with zero attached hydrogens (tertiary/aromatic N) is 2. The molecule has 0 aliphatic carbocycles. The molecule has 0 radical (unpaired) electrons. The van der Waals surface area contributed by atoms with E-state index in [1.807, 2.05) is 26.2 Å². The first-order valence-electron chi connectivity index (χ1n) is 7.64. The number of amides is 1. The van der Waals surface area contributed by atoms with Gasteiger partial charge in [0.2, 0.25) is 5.91 Å². The van der Waals surface area contributed by atoms with Crippen molar-refractivity contribution in [3.8, 4) is 5.75 Å². The fraction of sp³-hybridized carbons (Fsp3) is 0.588. The summed E-state index contributed by atoms with van der Waals surface area (Å²) in [5.41, 5.74) is 1.29. The lowest BCUT2D eigenvalue weighted by Crippen LogP contribution is -2.41. The van der Waals surface area contributed by atoms with E-state index in [0.29, 0.717) is 12.5 Å². The molecule has 0 bridgehead atoms. The molecule has 4 nitrogen and oxygen atoms in total. The molecule has 1 amide bonds. The van der Waals surface area contributed by atoms with E-state index in [-0.39, 0.29) is 5.91 Å². The number of rotatable bonds is 5. The quantitative estimate of drug-likeness (QED) is 0.832. The van der Waals surface area contributed by atoms with Gasteiger partial charge in [0, 0.05) is 14.1 Å². The van der Waals surface area contributed by atoms with Crippen LogP contribution in [0.25, 0.3) is 0 Å². The number of benzene rings is 1. The van der Waals surface area contributed by atoms with Gasteiger partial charge in [-0.1, -0.05) is 18.2 Å². The van der Waals surface area contributed by atoms with Crippen LogP contribution in [0, 0.1) is 5.92 Å². The zero-order chi connectivity index (χ0) is 15.2. The molecule has 1 saturated heterocycles. The Labute approximate surface area is 127 Å². The number of likely N-dealkylation sites (N-methyl/N-ethyl adjacent to an activating group) is 1. The van der Waals surface area contributed by atoms with E-state index in [0.717, 1.165) is 38.1 Å². The Morgan fingerprint density at radius 3 is 2.57 bits per heavy atom. The molecule has 0 unspecified atom stereocenters. The molecule has 1 aliphatic rings. The number of carbonyl (C=O) groups excluding carboxylic acids is 1. The number of hydrogen-bond donors (Lipinski definition) is 0. The smallest absolute Gasteiger partial charge is 0.236 e. The number of likely N-dealkylation sites (tertiary alicyclic amines) is 1. The molecule has 1 heterocycles. The van der Waals surface area contributed by atoms with Gasteiger partial charge < -0.3 is 9.64 Å². The summed E-state index contributed by atoms with van der Waals surface area (Å²) in [4.78, 5) is 15.7. The first-order valence-corrected chi connectivity index (χ1v) is 7.64. The fourth-order valence-electron chi connectivity index (χ4n) is 2.86. The van der Waals surface area contributed by atoms with Crippen molar-refractivity contribution < 1.29 is 9.53 Å². The topological polar surface area (TPSA) is 32.8 Å². The SMILES string of the molecule is COc1ccccc1CC1CCN(CC(=O)N(C)C)CC1. The van der Waals surface area contributed by atoms with Crippen LogP contribution in [0.1, 0.15) is 18.4 Å². The zero-order valence-electron chi connectivity index (χ0n) is 13.3. The molecule has 4 heteroatoms. The Hall–Kier alpha value is -1.55. The number of methoxy groups -OCH3 is 1. The zero-order valence-corrected chi connectivity index (χ0v) is 13.3. The van der Waals surface area contributed by atoms with E-state index < -0.39 is 0 Å². The predicted molar refractivity (Wildman–Crippen MR) is 84.6 cm³/mol. The summed E-state index contributed by atoms with van der Waals surface area (Å²) in [7, 11) is 5.36. The summed E-state index contributed by atoms with van der Waals surface area (Å²) in [6, 6.07) is 8.27. The maximum absolute atomic E-state index is 11.7. The number of para-hydroxylation sites is 1. The lowest BCUT2D eigenvalue weighted by molar-refractivity contribution is -0.130. The first kappa shape index (κ1) is 15.8. The summed E-state index contributed by atoms with van der Waals surface area (Å²) in [6.07, 6.45) is 3.37. The lowest BCUT2D eigenvalue weighted by Gasteiger charge is -2.32. The van der Waals surface area contributed by atoms with Crippen molar-refractivity contribution in [2.75, 3.05) is 40.8 Å². The third kappa shape index (κ3) is 4.46. The second-order valence-corrected chi connectivity index (χ2v) is 6.02. The second-order valence-electron chi connectivity index (χ2n) is 6.02. The van der Waals surface area contributed by atoms with Gasteiger partial charge in [-0.3, -0.25) is 9.69 Å². The molecule has 1 aliphatic heterocycles. The Kier molecular flexibility index (Phi) is 5.62. The van der Waals surface area contributed by atoms with Crippen molar-refractivity contribution >= 4 is 5.91 Å². The van der Waals surface area contributed by atoms with Crippen LogP contribution in [0.15, 0.2) is 24.3 Å². The predicted octanol–water partition coefficient (Wildman–Crippen LogP) is 2.04. The van der Waals surface area contributed by atoms with E-state index in [2.05, 4.69) is 17.0 Å². The third-order valence-electron chi connectivity index (χ3n) is 4.27. The van der Waals surface area contributed by atoms with Crippen LogP contribution in [0.5, 0.6) is 5.75 Å². The maximum atomic E-state index is 11.7. The molecule has 0 aromatic heterocycles. The van der Waals surface area contributed by atoms with Crippen LogP contribution >= 0.6 is 0 Å². The molecular weight excluding hydrogens is 264 g/mol. The molecule has 0 saturated carbocycles. The highest BCUT2D eigenvalue weighted by atomic mass is 16.5. The average Bonchev–Trinajstić information content (AvgIpc) is 2.49. The molecular formula is C17H26N2O2. The first-order chi connectivity index (χ1) is 10.1. The Balaban J connectivity index is 1.83. The van der Waals surface area contributed by atoms with Gasteiger partial charge in [0.15, 0.2) is 0 Å². The van der Waals surface area contributed by atoms with Crippen molar-refractivity contribution in [1.82, 2.24) is 9.80 Å². The average molecular weight is 290 g/mol. The van der Waals surface area contributed by atoms with Crippen molar-refractivity contribution in [3.63, 3.8) is 0 Å². The summed E-state index contributed by atoms with van der Waals surface area (Å²) < 4.78 is 5.43. The standard InChI is InChI=1S/C17H26N2O2/c1-18(2)17(20)13-19-10-8-14(9-11-19)12-15-6-4-5-7-16(15)21-3/h4-7,14H,8-13H2,1-3H3. The molecule has 1 aromatic carbocycles. The number of ether oxygens (including phenoxy) is 1. The van der Waals surface area contributed by atoms with Gasteiger partial charge in [-0.15, -0.1) is 0 Å². The Morgan fingerprint density at radius 1 is 1.29 bits per heavy atom. The molecule has 1 aromatic rings. The minimum atomic E-state index is 0.193. The Bertz CT molecular complexity index is 466. The molecule has 0 spiro atoms. The fourth-order valence-corrected chi connectivity index (χ4v) is 2.86. The Morgan fingerprint density at radius 2 is 1.95 bits per heavy atom. The van der Waals surface area contributed by atoms with Crippen molar-refractivity contribution in [2.24, 2.45) is 5.92 Å². The minimum absolute atomic E-state index is 0.193. The van der Waals surface area contributed by atoms with E-state index in [4.69, 9.17) is 4.74 Å². The van der Waals surface area contributed by atoms with Crippen LogP contribution in [-0.2, 0) is 11.2 Å². The monoisotopic (exact) mass is 290 g/mol. The summed E-state index contributed by atoms with van der Waals surface area (Å²) in [5.74, 6) is 1.87. The van der Waals surface area contributed by atoms with Crippen LogP contribution in [-0.4, -0.2) is 56.5 Å². The van der Waals surface area contributed by atoms with Crippen molar-refractivity contribution in [3.05, 3.63) is 29.8 Å². The number of carbonyl (C=O) groups is 1. The second kappa shape index (κ2) is 7.46. The van der Waals surface area contributed by atoms with Crippen LogP contribution in [0.4, 0.5) is 0 Å². The van der Waals surface area contributed by atoms with Crippen molar-refractivity contribution in [2.45, 2.75) is 19.3 Å². The summed E-state index contributed by atoms with van der Waals surface area (Å²) in [6.45, 7) is 2.58. The normalized spacial score (nSPS) is 16.7. The maximum Gasteiger partial charge on any atom is 0.236 e. The summed E-state index contributed by atoms with van der Waals surface area (Å²) >= 11 is 0. The largest absolute Gasteiger partial charge is 0.496 e. The van der Waals surface area contributed by atoms with Gasteiger partial charge in [0.1, 0.15) is 5.75 Å². The van der Waals surface area contributed by atoms with E-state index >= 15 is 0 Å². The van der Waals surface area contributed by atoms with Crippen LogP contribution < -0.4 is 4.74 Å². The number of hydrogen-bond acceptors (Lipinski definition) is 3. The lowest BCUT2D eigenvalue weighted by atomic mass is 9.90. The molecule has 21 heavy (non-hydrogen) atoms. The van der Waals surface area contributed by atoms with E-state index in [1.165, 1.54) is 5.56 Å². The highest BCUT2D eigenvalue weighted by molar-refractivity contribution is 5.77. The number of piperidine rings is 1. The van der Waals surface area contributed by atoms with Gasteiger partial charge in [-0.25, -0.2) is 0 Å². The highest BCUT2D eigenvalue weighted by Gasteiger charge is 2.22. The molecule has 2 rings (SSSR count). The van der Waals surface area contributed by atoms with Crippen molar-refractivity contribution in [1.29, 1.82) is 0 Å². The molecule has 116 valence electrons. The highest BCUT2D eigenvalue weighted by Crippen LogP contribution is 2.26. The van der Waals surface area contributed by atoms with Gasteiger partial charge in [0.05, 0.1) is 13.7 Å². The minimum Gasteiger partial charge on any atom is -0.496 e. The molecule has 0 N–H and O–H groups in total. The van der Waals surface area contributed by atoms with Gasteiger partial charge in [-0.2, -0.15) is 0 Å². The van der Waals surface area contributed by atoms with Crippen LogP contribution in [0.2, 0.25) is 0 Å². The molecule has 1 fully saturated rings. The van der Waals surface area contributed by atoms with E-state index in [1.54, 1.807) is 12.0 Å². The molecule has 0 atom stereocenters. The third-order valence-corrected chi connectivity index (χ3v) is 4.27.